The molecule has 2 amide bonds. The van der Waals surface area contributed by atoms with Crippen LogP contribution in [0.5, 0.6) is 0 Å². The molecule has 0 bridgehead atoms. The van der Waals surface area contributed by atoms with Crippen LogP contribution in [-0.2, 0) is 26.2 Å². The number of hydrogen-bond donors (Lipinski definition) is 1. The van der Waals surface area contributed by atoms with Crippen LogP contribution in [0, 0.1) is 0 Å². The number of anilines is 1. The van der Waals surface area contributed by atoms with Gasteiger partial charge in [0.05, 0.1) is 20.6 Å². The molecule has 0 fully saturated rings. The van der Waals surface area contributed by atoms with Crippen LogP contribution < -0.4 is 9.62 Å². The molecule has 3 aromatic carbocycles. The van der Waals surface area contributed by atoms with Gasteiger partial charge in [0.1, 0.15) is 12.6 Å². The number of benzene rings is 3. The molecule has 0 spiro atoms. The number of nitrogens with one attached hydrogen (secondary N) is 1. The Morgan fingerprint density at radius 1 is 0.895 bits per heavy atom. The Morgan fingerprint density at radius 3 is 2.18 bits per heavy atom. The number of hydrogen-bond acceptors (Lipinski definition) is 4. The summed E-state index contributed by atoms with van der Waals surface area (Å²) in [5.74, 6) is -0.964. The van der Waals surface area contributed by atoms with Crippen LogP contribution in [0.15, 0.2) is 77.7 Å². The fourth-order valence-electron chi connectivity index (χ4n) is 3.68. The van der Waals surface area contributed by atoms with Gasteiger partial charge in [-0.1, -0.05) is 78.1 Å². The van der Waals surface area contributed by atoms with E-state index in [0.29, 0.717) is 17.1 Å². The van der Waals surface area contributed by atoms with Crippen LogP contribution in [0.2, 0.25) is 15.1 Å². The molecule has 0 saturated heterocycles. The zero-order valence-corrected chi connectivity index (χ0v) is 24.0. The molecule has 3 rings (SSSR count). The summed E-state index contributed by atoms with van der Waals surface area (Å²) in [6, 6.07) is 18.1. The van der Waals surface area contributed by atoms with Crippen molar-refractivity contribution >= 4 is 62.3 Å². The van der Waals surface area contributed by atoms with Crippen molar-refractivity contribution < 1.29 is 18.0 Å². The van der Waals surface area contributed by atoms with E-state index < -0.39 is 28.5 Å². The van der Waals surface area contributed by atoms with Gasteiger partial charge in [-0.15, -0.1) is 0 Å². The second-order valence-electron chi connectivity index (χ2n) is 8.50. The van der Waals surface area contributed by atoms with Gasteiger partial charge in [-0.05, 0) is 55.3 Å². The van der Waals surface area contributed by atoms with Gasteiger partial charge in [0, 0.05) is 18.1 Å². The van der Waals surface area contributed by atoms with Gasteiger partial charge in [0.15, 0.2) is 0 Å². The van der Waals surface area contributed by atoms with Crippen molar-refractivity contribution in [2.75, 3.05) is 17.4 Å². The third-order valence-corrected chi connectivity index (χ3v) is 8.71. The largest absolute Gasteiger partial charge is 0.354 e. The van der Waals surface area contributed by atoms with E-state index in [2.05, 4.69) is 5.32 Å². The van der Waals surface area contributed by atoms with Crippen molar-refractivity contribution in [2.45, 2.75) is 37.8 Å². The highest BCUT2D eigenvalue weighted by Crippen LogP contribution is 2.31. The molecule has 1 N–H and O–H groups in total. The molecule has 0 saturated carbocycles. The van der Waals surface area contributed by atoms with Gasteiger partial charge < -0.3 is 10.2 Å². The summed E-state index contributed by atoms with van der Waals surface area (Å²) in [7, 11) is -4.20. The monoisotopic (exact) mass is 595 g/mol. The standard InChI is InChI=1S/C27H28Cl3N3O4S/c1-3-15-31-27(35)19(2)32(17-20-9-7-8-12-23(20)28)26(34)18-33(21-13-14-24(29)25(30)16-21)38(36,37)22-10-5-4-6-11-22/h4-14,16,19H,3,15,17-18H2,1-2H3,(H,31,35)/t19-/m0/s1. The number of sulfonamides is 1. The number of amides is 2. The van der Waals surface area contributed by atoms with Crippen LogP contribution in [0.1, 0.15) is 25.8 Å². The third kappa shape index (κ3) is 7.20. The lowest BCUT2D eigenvalue weighted by atomic mass is 10.1. The molecule has 0 aliphatic rings. The van der Waals surface area contributed by atoms with E-state index in [0.717, 1.165) is 10.7 Å². The molecule has 7 nitrogen and oxygen atoms in total. The lowest BCUT2D eigenvalue weighted by Gasteiger charge is -2.32. The quantitative estimate of drug-likeness (QED) is 0.304. The molecule has 0 radical (unpaired) electrons. The summed E-state index contributed by atoms with van der Waals surface area (Å²) in [5, 5.41) is 3.58. The molecule has 3 aromatic rings. The number of nitrogens with zero attached hydrogens (tertiary/aromatic N) is 2. The summed E-state index contributed by atoms with van der Waals surface area (Å²) in [4.78, 5) is 28.0. The highest BCUT2D eigenvalue weighted by atomic mass is 35.5. The highest BCUT2D eigenvalue weighted by molar-refractivity contribution is 7.92. The van der Waals surface area contributed by atoms with E-state index in [-0.39, 0.29) is 33.1 Å². The smallest absolute Gasteiger partial charge is 0.264 e. The van der Waals surface area contributed by atoms with Gasteiger partial charge in [-0.3, -0.25) is 13.9 Å². The topological polar surface area (TPSA) is 86.8 Å². The summed E-state index contributed by atoms with van der Waals surface area (Å²) < 4.78 is 28.4. The van der Waals surface area contributed by atoms with Crippen molar-refractivity contribution in [3.8, 4) is 0 Å². The first-order chi connectivity index (χ1) is 18.1. The maximum Gasteiger partial charge on any atom is 0.264 e. The normalized spacial score (nSPS) is 12.0. The Bertz CT molecular complexity index is 1390. The van der Waals surface area contributed by atoms with Crippen LogP contribution >= 0.6 is 34.8 Å². The second-order valence-corrected chi connectivity index (χ2v) is 11.6. The average molecular weight is 597 g/mol. The number of rotatable bonds is 11. The summed E-state index contributed by atoms with van der Waals surface area (Å²) in [6.07, 6.45) is 0.720. The molecule has 0 aliphatic heterocycles. The Balaban J connectivity index is 2.04. The van der Waals surface area contributed by atoms with E-state index in [1.54, 1.807) is 49.4 Å². The molecule has 38 heavy (non-hydrogen) atoms. The summed E-state index contributed by atoms with van der Waals surface area (Å²) in [5.41, 5.74) is 0.766. The Hall–Kier alpha value is -2.78. The SMILES string of the molecule is CCCNC(=O)[C@H](C)N(Cc1ccccc1Cl)C(=O)CN(c1ccc(Cl)c(Cl)c1)S(=O)(=O)c1ccccc1. The molecular weight excluding hydrogens is 569 g/mol. The summed E-state index contributed by atoms with van der Waals surface area (Å²) >= 11 is 18.6. The molecule has 202 valence electrons. The Labute approximate surface area is 238 Å². The predicted molar refractivity (Wildman–Crippen MR) is 152 cm³/mol. The van der Waals surface area contributed by atoms with Gasteiger partial charge in [0.2, 0.25) is 11.8 Å². The lowest BCUT2D eigenvalue weighted by molar-refractivity contribution is -0.139. The van der Waals surface area contributed by atoms with Gasteiger partial charge in [-0.25, -0.2) is 8.42 Å². The van der Waals surface area contributed by atoms with Crippen molar-refractivity contribution in [1.82, 2.24) is 10.2 Å². The first-order valence-corrected chi connectivity index (χ1v) is 14.5. The molecule has 0 aliphatic carbocycles. The molecule has 0 heterocycles. The lowest BCUT2D eigenvalue weighted by Crippen LogP contribution is -2.51. The zero-order chi connectivity index (χ0) is 27.9. The fraction of sp³-hybridized carbons (Fsp3) is 0.259. The van der Waals surface area contributed by atoms with E-state index in [9.17, 15) is 18.0 Å². The molecule has 0 unspecified atom stereocenters. The minimum atomic E-state index is -4.20. The van der Waals surface area contributed by atoms with Crippen LogP contribution in [0.4, 0.5) is 5.69 Å². The van der Waals surface area contributed by atoms with Crippen molar-refractivity contribution in [3.05, 3.63) is 93.4 Å². The maximum atomic E-state index is 13.8. The summed E-state index contributed by atoms with van der Waals surface area (Å²) in [6.45, 7) is 3.36. The second kappa shape index (κ2) is 13.3. The average Bonchev–Trinajstić information content (AvgIpc) is 2.91. The molecule has 1 atom stereocenters. The van der Waals surface area contributed by atoms with E-state index >= 15 is 0 Å². The van der Waals surface area contributed by atoms with Crippen LogP contribution in [0.3, 0.4) is 0 Å². The third-order valence-electron chi connectivity index (χ3n) is 5.82. The predicted octanol–water partition coefficient (Wildman–Crippen LogP) is 5.79. The van der Waals surface area contributed by atoms with E-state index in [1.165, 1.54) is 35.2 Å². The minimum absolute atomic E-state index is 0.000182. The Morgan fingerprint density at radius 2 is 1.55 bits per heavy atom. The van der Waals surface area contributed by atoms with E-state index in [4.69, 9.17) is 34.8 Å². The first kappa shape index (κ1) is 29.8. The zero-order valence-electron chi connectivity index (χ0n) is 20.9. The Kier molecular flexibility index (Phi) is 10.4. The fourth-order valence-corrected chi connectivity index (χ4v) is 5.59. The maximum absolute atomic E-state index is 13.8. The molecule has 11 heteroatoms. The van der Waals surface area contributed by atoms with Crippen molar-refractivity contribution in [1.29, 1.82) is 0 Å². The molecular formula is C27H28Cl3N3O4S. The number of halogens is 3. The minimum Gasteiger partial charge on any atom is -0.354 e. The first-order valence-electron chi connectivity index (χ1n) is 11.9. The van der Waals surface area contributed by atoms with E-state index in [1.807, 2.05) is 6.92 Å². The van der Waals surface area contributed by atoms with Gasteiger partial charge >= 0.3 is 0 Å². The van der Waals surface area contributed by atoms with Crippen molar-refractivity contribution in [3.63, 3.8) is 0 Å². The van der Waals surface area contributed by atoms with Gasteiger partial charge in [0.25, 0.3) is 10.0 Å². The van der Waals surface area contributed by atoms with Gasteiger partial charge in [-0.2, -0.15) is 0 Å². The van der Waals surface area contributed by atoms with Crippen LogP contribution in [-0.4, -0.2) is 44.3 Å². The number of carbonyl (C=O) groups is 2. The number of carbonyl (C=O) groups excluding carboxylic acids is 2. The highest BCUT2D eigenvalue weighted by Gasteiger charge is 2.32. The van der Waals surface area contributed by atoms with Crippen LogP contribution in [0.25, 0.3) is 0 Å². The van der Waals surface area contributed by atoms with Crippen molar-refractivity contribution in [2.24, 2.45) is 0 Å². The molecule has 0 aromatic heterocycles.